The van der Waals surface area contributed by atoms with Crippen LogP contribution in [0.25, 0.3) is 0 Å². The monoisotopic (exact) mass is 348 g/mol. The van der Waals surface area contributed by atoms with Gasteiger partial charge in [-0.25, -0.2) is 0 Å². The van der Waals surface area contributed by atoms with Crippen LogP contribution in [0.5, 0.6) is 11.5 Å². The van der Waals surface area contributed by atoms with Gasteiger partial charge < -0.3 is 10.2 Å². The number of hydrogen-bond donors (Lipinski definition) is 2. The molecule has 1 rings (SSSR count). The summed E-state index contributed by atoms with van der Waals surface area (Å²) in [6, 6.07) is 3.55. The van der Waals surface area contributed by atoms with Gasteiger partial charge in [0.1, 0.15) is 0 Å². The fraction of sp³-hybridized carbons (Fsp3) is 0.739. The molecule has 0 aliphatic carbocycles. The van der Waals surface area contributed by atoms with E-state index in [4.69, 9.17) is 0 Å². The van der Waals surface area contributed by atoms with Gasteiger partial charge in [0.15, 0.2) is 11.5 Å². The predicted octanol–water partition coefficient (Wildman–Crippen LogP) is 7.01. The molecule has 0 bridgehead atoms. The van der Waals surface area contributed by atoms with Gasteiger partial charge in [-0.05, 0) is 72.6 Å². The molecule has 25 heavy (non-hydrogen) atoms. The van der Waals surface area contributed by atoms with Gasteiger partial charge in [0.25, 0.3) is 0 Å². The molecule has 1 aromatic carbocycles. The first kappa shape index (κ1) is 21.9. The second-order valence-electron chi connectivity index (χ2n) is 9.60. The molecular formula is C23H40O2. The first-order valence-electron chi connectivity index (χ1n) is 10.1. The highest BCUT2D eigenvalue weighted by molar-refractivity contribution is 5.45. The third kappa shape index (κ3) is 8.65. The molecule has 0 aliphatic rings. The number of aryl methyl sites for hydroxylation is 2. The van der Waals surface area contributed by atoms with Crippen LogP contribution in [-0.2, 0) is 12.8 Å². The maximum atomic E-state index is 9.88. The lowest BCUT2D eigenvalue weighted by atomic mass is 9.84. The van der Waals surface area contributed by atoms with Gasteiger partial charge in [-0.2, -0.15) is 0 Å². The fourth-order valence-electron chi connectivity index (χ4n) is 3.20. The Morgan fingerprint density at radius 2 is 1.16 bits per heavy atom. The second-order valence-corrected chi connectivity index (χ2v) is 9.60. The van der Waals surface area contributed by atoms with Gasteiger partial charge in [-0.3, -0.25) is 0 Å². The maximum Gasteiger partial charge on any atom is 0.157 e. The Bertz CT molecular complexity index is 524. The Kier molecular flexibility index (Phi) is 8.31. The van der Waals surface area contributed by atoms with Gasteiger partial charge in [0, 0.05) is 0 Å². The average molecular weight is 349 g/mol. The minimum Gasteiger partial charge on any atom is -0.504 e. The van der Waals surface area contributed by atoms with Crippen molar-refractivity contribution in [1.29, 1.82) is 0 Å². The molecule has 0 heterocycles. The van der Waals surface area contributed by atoms with Crippen molar-refractivity contribution in [1.82, 2.24) is 0 Å². The number of phenolic OH excluding ortho intramolecular Hbond substituents is 2. The molecule has 2 N–H and O–H groups in total. The lowest BCUT2D eigenvalue weighted by Gasteiger charge is -2.22. The summed E-state index contributed by atoms with van der Waals surface area (Å²) in [6.07, 6.45) is 10.3. The van der Waals surface area contributed by atoms with E-state index in [-0.39, 0.29) is 11.5 Å². The third-order valence-corrected chi connectivity index (χ3v) is 5.43. The molecule has 2 heteroatoms. The number of hydrogen-bond acceptors (Lipinski definition) is 2. The Balaban J connectivity index is 2.60. The lowest BCUT2D eigenvalue weighted by molar-refractivity contribution is 0.309. The van der Waals surface area contributed by atoms with E-state index in [1.54, 1.807) is 12.1 Å². The normalized spacial score (nSPS) is 12.6. The first-order chi connectivity index (χ1) is 11.5. The van der Waals surface area contributed by atoms with Crippen molar-refractivity contribution in [2.75, 3.05) is 0 Å². The summed E-state index contributed by atoms with van der Waals surface area (Å²) in [5.74, 6) is 0.0315. The SMILES string of the molecule is CCC(C)(C)CCCCc1cc(O)c(O)cc1CCCCC(C)(C)C. The average Bonchev–Trinajstić information content (AvgIpc) is 2.51. The van der Waals surface area contributed by atoms with Crippen molar-refractivity contribution in [3.05, 3.63) is 23.3 Å². The quantitative estimate of drug-likeness (QED) is 0.353. The van der Waals surface area contributed by atoms with Crippen LogP contribution in [0.1, 0.15) is 97.6 Å². The topological polar surface area (TPSA) is 40.5 Å². The summed E-state index contributed by atoms with van der Waals surface area (Å²) in [5, 5.41) is 19.7. The van der Waals surface area contributed by atoms with Gasteiger partial charge in [0.05, 0.1) is 0 Å². The van der Waals surface area contributed by atoms with Crippen LogP contribution >= 0.6 is 0 Å². The van der Waals surface area contributed by atoms with E-state index < -0.39 is 0 Å². The molecule has 0 fully saturated rings. The van der Waals surface area contributed by atoms with E-state index in [2.05, 4.69) is 41.5 Å². The minimum atomic E-state index is 0.0155. The zero-order chi connectivity index (χ0) is 19.1. The Morgan fingerprint density at radius 3 is 1.56 bits per heavy atom. The first-order valence-corrected chi connectivity index (χ1v) is 10.1. The molecule has 0 unspecified atom stereocenters. The summed E-state index contributed by atoms with van der Waals surface area (Å²) < 4.78 is 0. The van der Waals surface area contributed by atoms with Crippen molar-refractivity contribution in [2.24, 2.45) is 10.8 Å². The number of benzene rings is 1. The van der Waals surface area contributed by atoms with E-state index in [9.17, 15) is 10.2 Å². The van der Waals surface area contributed by atoms with Gasteiger partial charge in [-0.1, -0.05) is 60.8 Å². The van der Waals surface area contributed by atoms with E-state index in [1.165, 1.54) is 43.2 Å². The van der Waals surface area contributed by atoms with E-state index in [0.29, 0.717) is 10.8 Å². The van der Waals surface area contributed by atoms with Crippen LogP contribution < -0.4 is 0 Å². The van der Waals surface area contributed by atoms with Crippen molar-refractivity contribution >= 4 is 0 Å². The van der Waals surface area contributed by atoms with Crippen LogP contribution in [0, 0.1) is 10.8 Å². The molecule has 0 amide bonds. The maximum absolute atomic E-state index is 9.88. The number of phenols is 2. The Hall–Kier alpha value is -1.18. The molecule has 2 nitrogen and oxygen atoms in total. The van der Waals surface area contributed by atoms with Crippen molar-refractivity contribution < 1.29 is 10.2 Å². The zero-order valence-corrected chi connectivity index (χ0v) is 17.4. The zero-order valence-electron chi connectivity index (χ0n) is 17.4. The summed E-state index contributed by atoms with van der Waals surface area (Å²) in [4.78, 5) is 0. The second kappa shape index (κ2) is 9.50. The molecule has 0 spiro atoms. The van der Waals surface area contributed by atoms with Crippen LogP contribution in [0.4, 0.5) is 0 Å². The van der Waals surface area contributed by atoms with Crippen LogP contribution in [0.3, 0.4) is 0 Å². The standard InChI is InChI=1S/C23H40O2/c1-7-23(5,6)15-11-9-13-19-17-21(25)20(24)16-18(19)12-8-10-14-22(2,3)4/h16-17,24-25H,7-15H2,1-6H3. The molecule has 144 valence electrons. The Morgan fingerprint density at radius 1 is 0.720 bits per heavy atom. The Labute approximate surface area is 155 Å². The smallest absolute Gasteiger partial charge is 0.157 e. The molecule has 0 radical (unpaired) electrons. The molecule has 0 aromatic heterocycles. The highest BCUT2D eigenvalue weighted by Crippen LogP contribution is 2.32. The van der Waals surface area contributed by atoms with E-state index in [1.807, 2.05) is 0 Å². The van der Waals surface area contributed by atoms with Gasteiger partial charge in [0.2, 0.25) is 0 Å². The summed E-state index contributed by atoms with van der Waals surface area (Å²) in [6.45, 7) is 13.8. The molecule has 0 aliphatic heterocycles. The molecule has 0 saturated carbocycles. The van der Waals surface area contributed by atoms with Crippen molar-refractivity contribution in [2.45, 2.75) is 99.3 Å². The highest BCUT2D eigenvalue weighted by atomic mass is 16.3. The largest absolute Gasteiger partial charge is 0.504 e. The van der Waals surface area contributed by atoms with E-state index in [0.717, 1.165) is 25.7 Å². The number of aromatic hydroxyl groups is 2. The summed E-state index contributed by atoms with van der Waals surface area (Å²) in [7, 11) is 0. The van der Waals surface area contributed by atoms with E-state index >= 15 is 0 Å². The number of unbranched alkanes of at least 4 members (excludes halogenated alkanes) is 2. The molecule has 0 atom stereocenters. The van der Waals surface area contributed by atoms with Crippen LogP contribution in [0.2, 0.25) is 0 Å². The fourth-order valence-corrected chi connectivity index (χ4v) is 3.20. The summed E-state index contributed by atoms with van der Waals surface area (Å²) >= 11 is 0. The van der Waals surface area contributed by atoms with Gasteiger partial charge >= 0.3 is 0 Å². The lowest BCUT2D eigenvalue weighted by Crippen LogP contribution is -2.09. The molecular weight excluding hydrogens is 308 g/mol. The summed E-state index contributed by atoms with van der Waals surface area (Å²) in [5.41, 5.74) is 3.22. The minimum absolute atomic E-state index is 0.0155. The van der Waals surface area contributed by atoms with Gasteiger partial charge in [-0.15, -0.1) is 0 Å². The number of rotatable bonds is 10. The highest BCUT2D eigenvalue weighted by Gasteiger charge is 2.15. The van der Waals surface area contributed by atoms with Crippen LogP contribution in [-0.4, -0.2) is 10.2 Å². The third-order valence-electron chi connectivity index (χ3n) is 5.43. The molecule has 1 aromatic rings. The van der Waals surface area contributed by atoms with Crippen LogP contribution in [0.15, 0.2) is 12.1 Å². The van der Waals surface area contributed by atoms with Crippen molar-refractivity contribution in [3.63, 3.8) is 0 Å². The molecule has 0 saturated heterocycles. The predicted molar refractivity (Wildman–Crippen MR) is 108 cm³/mol. The van der Waals surface area contributed by atoms with Crippen molar-refractivity contribution in [3.8, 4) is 11.5 Å².